The molecule has 1 amide bonds. The number of aliphatic hydroxyl groups excluding tert-OH is 1. The van der Waals surface area contributed by atoms with Crippen molar-refractivity contribution >= 4 is 68.9 Å². The van der Waals surface area contributed by atoms with Crippen LogP contribution in [-0.4, -0.2) is 46.3 Å². The van der Waals surface area contributed by atoms with Crippen molar-refractivity contribution in [1.82, 2.24) is 10.2 Å². The Morgan fingerprint density at radius 1 is 1.13 bits per heavy atom. The lowest BCUT2D eigenvalue weighted by Crippen LogP contribution is -2.29. The minimum Gasteiger partial charge on any atom is -0.507 e. The summed E-state index contributed by atoms with van der Waals surface area (Å²) in [5.74, 6) is 0.0938. The molecule has 1 N–H and O–H groups in total. The second-order valence-electron chi connectivity index (χ2n) is 10.7. The van der Waals surface area contributed by atoms with Crippen LogP contribution >= 0.6 is 46.3 Å². The molecule has 242 valence electrons. The lowest BCUT2D eigenvalue weighted by atomic mass is 9.94. The van der Waals surface area contributed by atoms with Gasteiger partial charge in [-0.25, -0.2) is 0 Å². The van der Waals surface area contributed by atoms with E-state index in [-0.39, 0.29) is 29.2 Å². The fourth-order valence-corrected chi connectivity index (χ4v) is 7.86. The maximum atomic E-state index is 13.8. The van der Waals surface area contributed by atoms with Crippen LogP contribution < -0.4 is 19.1 Å². The highest BCUT2D eigenvalue weighted by molar-refractivity contribution is 8.00. The molecule has 6 rings (SSSR count). The highest BCUT2D eigenvalue weighted by atomic mass is 35.5. The number of thioether (sulfide) groups is 1. The minimum atomic E-state index is -1.04. The van der Waals surface area contributed by atoms with Crippen molar-refractivity contribution in [2.24, 2.45) is 0 Å². The van der Waals surface area contributed by atoms with E-state index in [1.165, 1.54) is 16.7 Å². The van der Waals surface area contributed by atoms with Crippen LogP contribution in [0.25, 0.3) is 5.76 Å². The number of Topliss-reactive ketones (excluding diaryl/α,β-unsaturated/α-hetero) is 1. The number of ketones is 1. The summed E-state index contributed by atoms with van der Waals surface area (Å²) in [7, 11) is 0. The zero-order valence-corrected chi connectivity index (χ0v) is 28.5. The third-order valence-corrected chi connectivity index (χ3v) is 10.2. The number of anilines is 1. The van der Waals surface area contributed by atoms with E-state index >= 15 is 0 Å². The molecule has 1 saturated heterocycles. The second-order valence-corrected chi connectivity index (χ2v) is 13.8. The van der Waals surface area contributed by atoms with Crippen molar-refractivity contribution in [3.05, 3.63) is 105 Å². The molecule has 0 saturated carbocycles. The molecule has 0 bridgehead atoms. The first-order valence-electron chi connectivity index (χ1n) is 14.7. The topological polar surface area (TPSA) is 111 Å². The van der Waals surface area contributed by atoms with E-state index < -0.39 is 17.7 Å². The number of halogens is 2. The lowest BCUT2D eigenvalue weighted by molar-refractivity contribution is -0.132. The van der Waals surface area contributed by atoms with Crippen molar-refractivity contribution in [2.75, 3.05) is 18.1 Å². The zero-order chi connectivity index (χ0) is 33.2. The Kier molecular flexibility index (Phi) is 9.79. The molecular formula is C34H29Cl2N3O6S2. The monoisotopic (exact) mass is 709 g/mol. The van der Waals surface area contributed by atoms with Crippen LogP contribution in [-0.2, 0) is 21.8 Å². The molecule has 1 aromatic heterocycles. The number of carbonyl (C=O) groups is 2. The van der Waals surface area contributed by atoms with Gasteiger partial charge in [-0.1, -0.05) is 71.1 Å². The Labute approximate surface area is 289 Å². The fraction of sp³-hybridized carbons (Fsp3) is 0.235. The number of nitrogens with zero attached hydrogens (tertiary/aromatic N) is 3. The molecule has 3 heterocycles. The number of carbonyl (C=O) groups excluding carboxylic acids is 2. The number of rotatable bonds is 11. The van der Waals surface area contributed by atoms with E-state index in [1.54, 1.807) is 54.6 Å². The summed E-state index contributed by atoms with van der Waals surface area (Å²) in [5.41, 5.74) is 2.58. The van der Waals surface area contributed by atoms with Gasteiger partial charge < -0.3 is 19.3 Å². The molecule has 0 spiro atoms. The van der Waals surface area contributed by atoms with Crippen molar-refractivity contribution in [1.29, 1.82) is 0 Å². The van der Waals surface area contributed by atoms with Crippen LogP contribution in [0.1, 0.15) is 42.1 Å². The maximum absolute atomic E-state index is 13.8. The highest BCUT2D eigenvalue weighted by Gasteiger charge is 2.48. The van der Waals surface area contributed by atoms with Gasteiger partial charge in [0.05, 0.1) is 18.2 Å². The number of hydrogen-bond acceptors (Lipinski definition) is 10. The summed E-state index contributed by atoms with van der Waals surface area (Å²) in [6.07, 6.45) is 2.27. The largest absolute Gasteiger partial charge is 0.507 e. The minimum absolute atomic E-state index is 0.00743. The van der Waals surface area contributed by atoms with Gasteiger partial charge in [0.15, 0.2) is 15.8 Å². The second kappa shape index (κ2) is 14.0. The molecule has 2 atom stereocenters. The molecule has 0 aliphatic carbocycles. The predicted octanol–water partition coefficient (Wildman–Crippen LogP) is 8.05. The third kappa shape index (κ3) is 6.71. The molecule has 2 unspecified atom stereocenters. The van der Waals surface area contributed by atoms with Crippen LogP contribution in [0.4, 0.5) is 5.13 Å². The predicted molar refractivity (Wildman–Crippen MR) is 184 cm³/mol. The summed E-state index contributed by atoms with van der Waals surface area (Å²) >= 11 is 14.9. The molecule has 13 heteroatoms. The molecule has 9 nitrogen and oxygen atoms in total. The molecular weight excluding hydrogens is 681 g/mol. The molecule has 2 aliphatic rings. The van der Waals surface area contributed by atoms with E-state index in [4.69, 9.17) is 37.4 Å². The SMILES string of the molecule is C=CCOc1ccc(C2C(=C(O)c3ccc4c(c3)CC(C)O4)C(=O)C(=O)N2c2nnc(SCc3ccc(Cl)cc3Cl)s2)cc1OCC. The van der Waals surface area contributed by atoms with Crippen LogP contribution in [0.15, 0.2) is 77.2 Å². The van der Waals surface area contributed by atoms with E-state index in [2.05, 4.69) is 16.8 Å². The van der Waals surface area contributed by atoms with Crippen molar-refractivity contribution in [3.63, 3.8) is 0 Å². The molecule has 4 aromatic rings. The lowest BCUT2D eigenvalue weighted by Gasteiger charge is -2.23. The Morgan fingerprint density at radius 3 is 2.72 bits per heavy atom. The fourth-order valence-electron chi connectivity index (χ4n) is 5.44. The summed E-state index contributed by atoms with van der Waals surface area (Å²) in [6, 6.07) is 14.6. The van der Waals surface area contributed by atoms with Gasteiger partial charge in [-0.3, -0.25) is 14.5 Å². The normalized spacial score (nSPS) is 18.3. The van der Waals surface area contributed by atoms with E-state index in [0.29, 0.717) is 55.8 Å². The number of benzene rings is 3. The average Bonchev–Trinajstić information content (AvgIpc) is 3.74. The Hall–Kier alpha value is -4.03. The molecule has 3 aromatic carbocycles. The first-order valence-corrected chi connectivity index (χ1v) is 17.3. The van der Waals surface area contributed by atoms with Crippen LogP contribution in [0.5, 0.6) is 17.2 Å². The maximum Gasteiger partial charge on any atom is 0.301 e. The smallest absolute Gasteiger partial charge is 0.301 e. The van der Waals surface area contributed by atoms with E-state index in [9.17, 15) is 14.7 Å². The van der Waals surface area contributed by atoms with Gasteiger partial charge >= 0.3 is 5.91 Å². The molecule has 0 radical (unpaired) electrons. The molecule has 2 aliphatic heterocycles. The summed E-state index contributed by atoms with van der Waals surface area (Å²) in [6.45, 7) is 8.10. The van der Waals surface area contributed by atoms with Crippen molar-refractivity contribution < 1.29 is 28.9 Å². The standard InChI is InChI=1S/C34H29Cl2N3O6S2/c1-4-12-44-26-11-7-19(15-27(26)43-5-2)29-28(30(40)20-8-10-25-22(14-20)13-18(3)45-25)31(41)32(42)39(29)33-37-38-34(47-33)46-17-21-6-9-23(35)16-24(21)36/h4,6-11,14-16,18,29,40H,1,5,12-13,17H2,2-3H3. The van der Waals surface area contributed by atoms with Crippen LogP contribution in [0, 0.1) is 0 Å². The zero-order valence-electron chi connectivity index (χ0n) is 25.4. The average molecular weight is 711 g/mol. The molecule has 47 heavy (non-hydrogen) atoms. The summed E-state index contributed by atoms with van der Waals surface area (Å²) in [4.78, 5) is 28.9. The Balaban J connectivity index is 1.42. The van der Waals surface area contributed by atoms with Crippen molar-refractivity contribution in [2.45, 2.75) is 42.5 Å². The van der Waals surface area contributed by atoms with E-state index in [0.717, 1.165) is 28.2 Å². The first-order chi connectivity index (χ1) is 22.7. The van der Waals surface area contributed by atoms with Crippen molar-refractivity contribution in [3.8, 4) is 17.2 Å². The number of aliphatic hydroxyl groups is 1. The number of fused-ring (bicyclic) bond motifs is 1. The number of amides is 1. The van der Waals surface area contributed by atoms with Gasteiger partial charge in [0.1, 0.15) is 24.2 Å². The number of hydrogen-bond donors (Lipinski definition) is 1. The molecule has 1 fully saturated rings. The third-order valence-electron chi connectivity index (χ3n) is 7.52. The van der Waals surface area contributed by atoms with Crippen LogP contribution in [0.3, 0.4) is 0 Å². The van der Waals surface area contributed by atoms with Gasteiger partial charge in [0.2, 0.25) is 5.13 Å². The Morgan fingerprint density at radius 2 is 1.96 bits per heavy atom. The summed E-state index contributed by atoms with van der Waals surface area (Å²) in [5, 5.41) is 21.6. The summed E-state index contributed by atoms with van der Waals surface area (Å²) < 4.78 is 18.0. The van der Waals surface area contributed by atoms with Gasteiger partial charge in [0, 0.05) is 27.8 Å². The highest BCUT2D eigenvalue weighted by Crippen LogP contribution is 2.46. The number of ether oxygens (including phenoxy) is 3. The van der Waals surface area contributed by atoms with Gasteiger partial charge in [-0.15, -0.1) is 10.2 Å². The first kappa shape index (κ1) is 32.9. The van der Waals surface area contributed by atoms with Gasteiger partial charge in [-0.05, 0) is 73.0 Å². The van der Waals surface area contributed by atoms with Gasteiger partial charge in [-0.2, -0.15) is 0 Å². The quantitative estimate of drug-likeness (QED) is 0.0413. The number of aromatic nitrogens is 2. The van der Waals surface area contributed by atoms with Gasteiger partial charge in [0.25, 0.3) is 5.78 Å². The van der Waals surface area contributed by atoms with E-state index in [1.807, 2.05) is 19.9 Å². The van der Waals surface area contributed by atoms with Crippen LogP contribution in [0.2, 0.25) is 10.0 Å². The Bertz CT molecular complexity index is 1910.